The van der Waals surface area contributed by atoms with Gasteiger partial charge in [-0.05, 0) is 24.0 Å². The number of hydrogen-bond donors (Lipinski definition) is 0. The summed E-state index contributed by atoms with van der Waals surface area (Å²) >= 11 is 0. The number of hydrogen-bond acceptors (Lipinski definition) is 2. The van der Waals surface area contributed by atoms with Crippen LogP contribution in [-0.4, -0.2) is 14.5 Å². The Hall–Kier alpha value is -1.64. The molecule has 84 valence electrons. The van der Waals surface area contributed by atoms with E-state index in [0.29, 0.717) is 5.92 Å². The average Bonchev–Trinajstić information content (AvgIpc) is 2.60. The molecular formula is C13H17N3. The van der Waals surface area contributed by atoms with Crippen LogP contribution in [-0.2, 0) is 7.05 Å². The fraction of sp³-hybridized carbons (Fsp3) is 0.385. The quantitative estimate of drug-likeness (QED) is 0.788. The highest BCUT2D eigenvalue weighted by Gasteiger charge is 2.00. The summed E-state index contributed by atoms with van der Waals surface area (Å²) in [6, 6.07) is 2.12. The minimum Gasteiger partial charge on any atom is -0.332 e. The van der Waals surface area contributed by atoms with E-state index in [9.17, 15) is 0 Å². The van der Waals surface area contributed by atoms with Gasteiger partial charge in [-0.15, -0.1) is 0 Å². The number of aryl methyl sites for hydroxylation is 1. The van der Waals surface area contributed by atoms with Crippen molar-refractivity contribution in [1.29, 1.82) is 0 Å². The molecule has 0 radical (unpaired) electrons. The zero-order valence-corrected chi connectivity index (χ0v) is 10.0. The van der Waals surface area contributed by atoms with Gasteiger partial charge in [-0.3, -0.25) is 0 Å². The summed E-state index contributed by atoms with van der Waals surface area (Å²) in [7, 11) is 1.98. The first-order valence-corrected chi connectivity index (χ1v) is 5.60. The molecule has 2 aromatic rings. The molecule has 2 heterocycles. The Labute approximate surface area is 95.8 Å². The van der Waals surface area contributed by atoms with Gasteiger partial charge in [0.1, 0.15) is 0 Å². The molecule has 16 heavy (non-hydrogen) atoms. The molecule has 0 aromatic carbocycles. The Kier molecular flexibility index (Phi) is 3.04. The van der Waals surface area contributed by atoms with Crippen LogP contribution in [0.25, 0.3) is 17.2 Å². The van der Waals surface area contributed by atoms with Crippen molar-refractivity contribution in [3.8, 4) is 0 Å². The van der Waals surface area contributed by atoms with E-state index < -0.39 is 0 Å². The molecule has 0 amide bonds. The molecule has 0 bridgehead atoms. The van der Waals surface area contributed by atoms with Crippen molar-refractivity contribution >= 4 is 17.2 Å². The Bertz CT molecular complexity index is 509. The van der Waals surface area contributed by atoms with E-state index in [1.165, 1.54) is 0 Å². The van der Waals surface area contributed by atoms with Gasteiger partial charge in [0.15, 0.2) is 5.65 Å². The summed E-state index contributed by atoms with van der Waals surface area (Å²) in [5.41, 5.74) is 3.02. The molecule has 0 fully saturated rings. The third-order valence-electron chi connectivity index (χ3n) is 2.52. The van der Waals surface area contributed by atoms with Gasteiger partial charge in [0.05, 0.1) is 11.8 Å². The van der Waals surface area contributed by atoms with Crippen LogP contribution in [0.3, 0.4) is 0 Å². The second kappa shape index (κ2) is 4.47. The molecule has 0 aliphatic heterocycles. The van der Waals surface area contributed by atoms with Crippen LogP contribution in [0.1, 0.15) is 25.8 Å². The fourth-order valence-corrected chi connectivity index (χ4v) is 1.59. The molecule has 2 rings (SSSR count). The predicted molar refractivity (Wildman–Crippen MR) is 67.0 cm³/mol. The lowest BCUT2D eigenvalue weighted by atomic mass is 10.1. The summed E-state index contributed by atoms with van der Waals surface area (Å²) in [6.45, 7) is 4.43. The molecule has 0 atom stereocenters. The van der Waals surface area contributed by atoms with Gasteiger partial charge in [-0.25, -0.2) is 9.97 Å². The molecule has 0 aliphatic rings. The lowest BCUT2D eigenvalue weighted by Crippen LogP contribution is -1.86. The first-order valence-electron chi connectivity index (χ1n) is 5.60. The number of nitrogens with zero attached hydrogens (tertiary/aromatic N) is 3. The smallest absolute Gasteiger partial charge is 0.177 e. The van der Waals surface area contributed by atoms with Crippen LogP contribution in [0.4, 0.5) is 0 Å². The van der Waals surface area contributed by atoms with Gasteiger partial charge in [0, 0.05) is 13.2 Å². The number of aromatic nitrogens is 3. The molecule has 0 saturated heterocycles. The van der Waals surface area contributed by atoms with Gasteiger partial charge in [0.25, 0.3) is 0 Å². The number of pyridine rings is 1. The highest BCUT2D eigenvalue weighted by atomic mass is 15.0. The summed E-state index contributed by atoms with van der Waals surface area (Å²) in [5, 5.41) is 0. The standard InChI is InChI=1S/C13H17N3/c1-10(2)5-4-6-11-7-12-13(14-8-11)15-9-16(12)3/h4,6-10H,5H2,1-3H3/b6-4+. The van der Waals surface area contributed by atoms with Crippen LogP contribution in [0.5, 0.6) is 0 Å². The molecule has 0 aliphatic carbocycles. The first kappa shape index (κ1) is 10.9. The topological polar surface area (TPSA) is 30.7 Å². The average molecular weight is 215 g/mol. The second-order valence-corrected chi connectivity index (χ2v) is 4.50. The summed E-state index contributed by atoms with van der Waals surface area (Å²) < 4.78 is 1.99. The first-order chi connectivity index (χ1) is 7.66. The van der Waals surface area contributed by atoms with E-state index in [4.69, 9.17) is 0 Å². The van der Waals surface area contributed by atoms with Crippen molar-refractivity contribution in [2.45, 2.75) is 20.3 Å². The van der Waals surface area contributed by atoms with E-state index in [1.54, 1.807) is 6.33 Å². The Morgan fingerprint density at radius 2 is 2.19 bits per heavy atom. The number of imidazole rings is 1. The summed E-state index contributed by atoms with van der Waals surface area (Å²) in [4.78, 5) is 8.51. The highest BCUT2D eigenvalue weighted by Crippen LogP contribution is 2.12. The van der Waals surface area contributed by atoms with Crippen molar-refractivity contribution in [2.75, 3.05) is 0 Å². The number of rotatable bonds is 3. The molecule has 3 nitrogen and oxygen atoms in total. The van der Waals surface area contributed by atoms with Crippen molar-refractivity contribution in [1.82, 2.24) is 14.5 Å². The lowest BCUT2D eigenvalue weighted by Gasteiger charge is -1.98. The van der Waals surface area contributed by atoms with Crippen molar-refractivity contribution in [3.63, 3.8) is 0 Å². The Morgan fingerprint density at radius 3 is 2.94 bits per heavy atom. The van der Waals surface area contributed by atoms with E-state index in [-0.39, 0.29) is 0 Å². The van der Waals surface area contributed by atoms with Crippen molar-refractivity contribution < 1.29 is 0 Å². The maximum Gasteiger partial charge on any atom is 0.177 e. The normalized spacial score (nSPS) is 12.0. The molecule has 2 aromatic heterocycles. The maximum atomic E-state index is 4.32. The highest BCUT2D eigenvalue weighted by molar-refractivity contribution is 5.73. The Balaban J connectivity index is 2.25. The second-order valence-electron chi connectivity index (χ2n) is 4.50. The van der Waals surface area contributed by atoms with Gasteiger partial charge < -0.3 is 4.57 Å². The minimum atomic E-state index is 0.699. The van der Waals surface area contributed by atoms with Crippen LogP contribution < -0.4 is 0 Å². The van der Waals surface area contributed by atoms with E-state index in [1.807, 2.05) is 17.8 Å². The third kappa shape index (κ3) is 2.30. The predicted octanol–water partition coefficient (Wildman–Crippen LogP) is 3.03. The number of allylic oxidation sites excluding steroid dienone is 1. The van der Waals surface area contributed by atoms with E-state index in [0.717, 1.165) is 23.1 Å². The fourth-order valence-electron chi connectivity index (χ4n) is 1.59. The maximum absolute atomic E-state index is 4.32. The lowest BCUT2D eigenvalue weighted by molar-refractivity contribution is 0.665. The van der Waals surface area contributed by atoms with Crippen LogP contribution in [0, 0.1) is 5.92 Å². The summed E-state index contributed by atoms with van der Waals surface area (Å²) in [5.74, 6) is 0.699. The Morgan fingerprint density at radius 1 is 1.38 bits per heavy atom. The largest absolute Gasteiger partial charge is 0.332 e. The van der Waals surface area contributed by atoms with Crippen LogP contribution in [0.15, 0.2) is 24.7 Å². The SMILES string of the molecule is CC(C)C/C=C/c1cnc2ncn(C)c2c1. The van der Waals surface area contributed by atoms with Crippen LogP contribution in [0.2, 0.25) is 0 Å². The molecule has 0 saturated carbocycles. The van der Waals surface area contributed by atoms with Crippen molar-refractivity contribution in [3.05, 3.63) is 30.2 Å². The molecule has 0 N–H and O–H groups in total. The van der Waals surface area contributed by atoms with Gasteiger partial charge in [0.2, 0.25) is 0 Å². The third-order valence-corrected chi connectivity index (χ3v) is 2.52. The van der Waals surface area contributed by atoms with Gasteiger partial charge in [-0.2, -0.15) is 0 Å². The zero-order chi connectivity index (χ0) is 11.5. The molecular weight excluding hydrogens is 198 g/mol. The van der Waals surface area contributed by atoms with Gasteiger partial charge >= 0.3 is 0 Å². The van der Waals surface area contributed by atoms with E-state index in [2.05, 4.69) is 42.0 Å². The van der Waals surface area contributed by atoms with Crippen molar-refractivity contribution in [2.24, 2.45) is 13.0 Å². The van der Waals surface area contributed by atoms with Crippen LogP contribution >= 0.6 is 0 Å². The molecule has 0 spiro atoms. The minimum absolute atomic E-state index is 0.699. The molecule has 0 unspecified atom stereocenters. The van der Waals surface area contributed by atoms with E-state index >= 15 is 0 Å². The number of fused-ring (bicyclic) bond motifs is 1. The monoisotopic (exact) mass is 215 g/mol. The summed E-state index contributed by atoms with van der Waals surface area (Å²) in [6.07, 6.45) is 9.08. The molecule has 3 heteroatoms. The van der Waals surface area contributed by atoms with Gasteiger partial charge in [-0.1, -0.05) is 26.0 Å². The zero-order valence-electron chi connectivity index (χ0n) is 10.0.